The Morgan fingerprint density at radius 3 is 2.44 bits per heavy atom. The summed E-state index contributed by atoms with van der Waals surface area (Å²) in [5.74, 6) is 0. The maximum Gasteiger partial charge on any atom is 0.436 e. The Morgan fingerprint density at radius 1 is 1.24 bits per heavy atom. The van der Waals surface area contributed by atoms with Gasteiger partial charge in [0.05, 0.1) is 10.7 Å². The van der Waals surface area contributed by atoms with Gasteiger partial charge in [0.2, 0.25) is 0 Å². The first-order valence-corrected chi connectivity index (χ1v) is 8.38. The first-order chi connectivity index (χ1) is 11.7. The summed E-state index contributed by atoms with van der Waals surface area (Å²) < 4.78 is 39.6. The third-order valence-electron chi connectivity index (χ3n) is 3.54. The molecule has 0 unspecified atom stereocenters. The van der Waals surface area contributed by atoms with E-state index in [1.165, 1.54) is 11.6 Å². The molecule has 25 heavy (non-hydrogen) atoms. The van der Waals surface area contributed by atoms with Crippen molar-refractivity contribution in [3.05, 3.63) is 46.2 Å². The largest absolute Gasteiger partial charge is 0.436 e. The molecule has 0 saturated carbocycles. The summed E-state index contributed by atoms with van der Waals surface area (Å²) in [6.45, 7) is 4.31. The lowest BCUT2D eigenvalue weighted by molar-refractivity contribution is -0.141. The number of nitrogens with zero attached hydrogens (tertiary/aromatic N) is 2. The lowest BCUT2D eigenvalue weighted by Crippen LogP contribution is -2.29. The number of aryl methyl sites for hydroxylation is 2. The fourth-order valence-electron chi connectivity index (χ4n) is 2.17. The average molecular weight is 391 g/mol. The second-order valence-corrected chi connectivity index (χ2v) is 6.36. The van der Waals surface area contributed by atoms with Crippen LogP contribution in [0.25, 0.3) is 0 Å². The number of alkyl halides is 3. The molecule has 0 amide bonds. The van der Waals surface area contributed by atoms with Gasteiger partial charge in [-0.2, -0.15) is 18.3 Å². The topological polar surface area (TPSA) is 41.9 Å². The van der Waals surface area contributed by atoms with E-state index < -0.39 is 11.9 Å². The molecule has 0 spiro atoms. The van der Waals surface area contributed by atoms with Gasteiger partial charge in [0, 0.05) is 18.8 Å². The SMILES string of the molecule is Cc1ccc(NC(=S)NCCCn2nc(C(F)(F)F)c(Cl)c2C)cc1. The van der Waals surface area contributed by atoms with Crippen LogP contribution in [-0.2, 0) is 12.7 Å². The van der Waals surface area contributed by atoms with Crippen LogP contribution in [0.4, 0.5) is 18.9 Å². The molecule has 2 aromatic rings. The summed E-state index contributed by atoms with van der Waals surface area (Å²) >= 11 is 10.9. The van der Waals surface area contributed by atoms with E-state index in [1.807, 2.05) is 31.2 Å². The van der Waals surface area contributed by atoms with Crippen LogP contribution in [0.15, 0.2) is 24.3 Å². The Balaban J connectivity index is 1.81. The maximum atomic E-state index is 12.8. The van der Waals surface area contributed by atoms with Crippen molar-refractivity contribution in [2.24, 2.45) is 0 Å². The molecule has 2 N–H and O–H groups in total. The van der Waals surface area contributed by atoms with Gasteiger partial charge in [-0.15, -0.1) is 0 Å². The molecule has 0 aliphatic rings. The second-order valence-electron chi connectivity index (χ2n) is 5.57. The monoisotopic (exact) mass is 390 g/mol. The Bertz CT molecular complexity index is 741. The Kier molecular flexibility index (Phi) is 6.29. The summed E-state index contributed by atoms with van der Waals surface area (Å²) in [7, 11) is 0. The molecule has 2 rings (SSSR count). The number of thiocarbonyl (C=S) groups is 1. The van der Waals surface area contributed by atoms with Crippen molar-refractivity contribution in [3.63, 3.8) is 0 Å². The van der Waals surface area contributed by atoms with E-state index in [2.05, 4.69) is 15.7 Å². The number of hydrogen-bond acceptors (Lipinski definition) is 2. The van der Waals surface area contributed by atoms with E-state index in [0.717, 1.165) is 11.3 Å². The third-order valence-corrected chi connectivity index (χ3v) is 4.24. The van der Waals surface area contributed by atoms with E-state index >= 15 is 0 Å². The minimum Gasteiger partial charge on any atom is -0.362 e. The highest BCUT2D eigenvalue weighted by Crippen LogP contribution is 2.35. The van der Waals surface area contributed by atoms with Gasteiger partial charge in [0.25, 0.3) is 0 Å². The zero-order chi connectivity index (χ0) is 18.6. The lowest BCUT2D eigenvalue weighted by Gasteiger charge is -2.11. The molecule has 9 heteroatoms. The molecule has 0 bridgehead atoms. The highest BCUT2D eigenvalue weighted by molar-refractivity contribution is 7.80. The van der Waals surface area contributed by atoms with Gasteiger partial charge in [-0.1, -0.05) is 29.3 Å². The highest BCUT2D eigenvalue weighted by Gasteiger charge is 2.38. The summed E-state index contributed by atoms with van der Waals surface area (Å²) in [6, 6.07) is 7.76. The molecule has 0 fully saturated rings. The fraction of sp³-hybridized carbons (Fsp3) is 0.375. The Labute approximate surface area is 154 Å². The minimum absolute atomic E-state index is 0.300. The Hall–Kier alpha value is -1.80. The lowest BCUT2D eigenvalue weighted by atomic mass is 10.2. The van der Waals surface area contributed by atoms with Crippen molar-refractivity contribution in [3.8, 4) is 0 Å². The third kappa shape index (κ3) is 5.34. The summed E-state index contributed by atoms with van der Waals surface area (Å²) in [5, 5.41) is 9.71. The average Bonchev–Trinajstić information content (AvgIpc) is 2.82. The standard InChI is InChI=1S/C16H18ClF3N4S/c1-10-4-6-12(7-5-10)22-15(25)21-8-3-9-24-11(2)13(17)14(23-24)16(18,19)20/h4-7H,3,8-9H2,1-2H3,(H2,21,22,25). The van der Waals surface area contributed by atoms with Crippen molar-refractivity contribution in [2.75, 3.05) is 11.9 Å². The zero-order valence-electron chi connectivity index (χ0n) is 13.7. The van der Waals surface area contributed by atoms with Crippen LogP contribution in [0, 0.1) is 13.8 Å². The van der Waals surface area contributed by atoms with Gasteiger partial charge >= 0.3 is 6.18 Å². The van der Waals surface area contributed by atoms with Gasteiger partial charge < -0.3 is 10.6 Å². The van der Waals surface area contributed by atoms with Crippen molar-refractivity contribution in [1.29, 1.82) is 0 Å². The van der Waals surface area contributed by atoms with Crippen LogP contribution >= 0.6 is 23.8 Å². The van der Waals surface area contributed by atoms with Crippen LogP contribution in [-0.4, -0.2) is 21.4 Å². The normalized spacial score (nSPS) is 11.4. The molecule has 0 aliphatic carbocycles. The molecule has 136 valence electrons. The number of rotatable bonds is 5. The van der Waals surface area contributed by atoms with Crippen molar-refractivity contribution in [2.45, 2.75) is 33.0 Å². The fourth-order valence-corrected chi connectivity index (χ4v) is 2.63. The molecule has 0 radical (unpaired) electrons. The number of hydrogen-bond donors (Lipinski definition) is 2. The van der Waals surface area contributed by atoms with E-state index in [4.69, 9.17) is 23.8 Å². The summed E-state index contributed by atoms with van der Waals surface area (Å²) in [6.07, 6.45) is -4.00. The van der Waals surface area contributed by atoms with Crippen LogP contribution in [0.1, 0.15) is 23.4 Å². The molecule has 4 nitrogen and oxygen atoms in total. The molecule has 1 aromatic carbocycles. The van der Waals surface area contributed by atoms with Gasteiger partial charge in [0.15, 0.2) is 10.8 Å². The smallest absolute Gasteiger partial charge is 0.362 e. The molecule has 1 heterocycles. The van der Waals surface area contributed by atoms with Crippen molar-refractivity contribution < 1.29 is 13.2 Å². The summed E-state index contributed by atoms with van der Waals surface area (Å²) in [5.41, 5.74) is 1.27. The first kappa shape index (κ1) is 19.5. The first-order valence-electron chi connectivity index (χ1n) is 7.60. The predicted molar refractivity (Wildman–Crippen MR) is 97.0 cm³/mol. The second kappa shape index (κ2) is 8.05. The van der Waals surface area contributed by atoms with E-state index in [-0.39, 0.29) is 5.02 Å². The maximum absolute atomic E-state index is 12.8. The van der Waals surface area contributed by atoms with E-state index in [9.17, 15) is 13.2 Å². The molecule has 1 aromatic heterocycles. The van der Waals surface area contributed by atoms with Crippen LogP contribution in [0.5, 0.6) is 0 Å². The van der Waals surface area contributed by atoms with Crippen molar-refractivity contribution >= 4 is 34.6 Å². The molecular formula is C16H18ClF3N4S. The predicted octanol–water partition coefficient (Wildman–Crippen LogP) is 4.55. The van der Waals surface area contributed by atoms with E-state index in [0.29, 0.717) is 30.3 Å². The van der Waals surface area contributed by atoms with Gasteiger partial charge in [-0.25, -0.2) is 0 Å². The molecule has 0 atom stereocenters. The summed E-state index contributed by atoms with van der Waals surface area (Å²) in [4.78, 5) is 0. The number of anilines is 1. The van der Waals surface area contributed by atoms with Crippen molar-refractivity contribution in [1.82, 2.24) is 15.1 Å². The van der Waals surface area contributed by atoms with Gasteiger partial charge in [-0.05, 0) is 44.6 Å². The number of benzene rings is 1. The quantitative estimate of drug-likeness (QED) is 0.580. The van der Waals surface area contributed by atoms with Gasteiger partial charge in [-0.3, -0.25) is 4.68 Å². The van der Waals surface area contributed by atoms with Crippen LogP contribution in [0.3, 0.4) is 0 Å². The van der Waals surface area contributed by atoms with E-state index in [1.54, 1.807) is 0 Å². The highest BCUT2D eigenvalue weighted by atomic mass is 35.5. The number of aromatic nitrogens is 2. The zero-order valence-corrected chi connectivity index (χ0v) is 15.3. The number of halogens is 4. The Morgan fingerprint density at radius 2 is 1.88 bits per heavy atom. The molecular weight excluding hydrogens is 373 g/mol. The molecule has 0 saturated heterocycles. The number of nitrogens with one attached hydrogen (secondary N) is 2. The van der Waals surface area contributed by atoms with Crippen LogP contribution < -0.4 is 10.6 Å². The van der Waals surface area contributed by atoms with Crippen LogP contribution in [0.2, 0.25) is 5.02 Å². The molecule has 0 aliphatic heterocycles. The minimum atomic E-state index is -4.55. The van der Waals surface area contributed by atoms with Gasteiger partial charge in [0.1, 0.15) is 0 Å².